The molecule has 1 heterocycles. The van der Waals surface area contributed by atoms with Crippen molar-refractivity contribution in [2.75, 3.05) is 12.4 Å². The molecule has 0 fully saturated rings. The smallest absolute Gasteiger partial charge is 0.214 e. The van der Waals surface area contributed by atoms with Crippen LogP contribution in [0.1, 0.15) is 0 Å². The fourth-order valence-corrected chi connectivity index (χ4v) is 1.08. The number of rotatable bonds is 2. The van der Waals surface area contributed by atoms with Gasteiger partial charge in [0.15, 0.2) is 0 Å². The van der Waals surface area contributed by atoms with E-state index in [1.807, 2.05) is 31.3 Å². The highest BCUT2D eigenvalue weighted by Crippen LogP contribution is 2.16. The maximum absolute atomic E-state index is 4.65. The molecule has 0 aliphatic carbocycles. The average Bonchev–Trinajstić information content (AvgIpc) is 2.71. The summed E-state index contributed by atoms with van der Waals surface area (Å²) in [7, 11) is 1.88. The first-order valence-corrected chi connectivity index (χ1v) is 3.95. The zero-order chi connectivity index (χ0) is 9.10. The molecule has 0 aliphatic rings. The first-order chi connectivity index (χ1) is 6.40. The summed E-state index contributed by atoms with van der Waals surface area (Å²) in [6.45, 7) is 0. The van der Waals surface area contributed by atoms with E-state index in [9.17, 15) is 0 Å². The Morgan fingerprint density at radius 2 is 2.00 bits per heavy atom. The van der Waals surface area contributed by atoms with Crippen molar-refractivity contribution < 1.29 is 4.52 Å². The van der Waals surface area contributed by atoms with Crippen LogP contribution < -0.4 is 5.32 Å². The van der Waals surface area contributed by atoms with Gasteiger partial charge in [0, 0.05) is 18.3 Å². The van der Waals surface area contributed by atoms with Crippen LogP contribution in [0.5, 0.6) is 0 Å². The normalized spacial score (nSPS) is 9.92. The highest BCUT2D eigenvalue weighted by Gasteiger charge is 2.01. The topological polar surface area (TPSA) is 51.0 Å². The van der Waals surface area contributed by atoms with Crippen LogP contribution in [0.25, 0.3) is 11.4 Å². The van der Waals surface area contributed by atoms with Gasteiger partial charge in [-0.15, -0.1) is 0 Å². The summed E-state index contributed by atoms with van der Waals surface area (Å²) >= 11 is 0. The summed E-state index contributed by atoms with van der Waals surface area (Å²) < 4.78 is 4.65. The standard InChI is InChI=1S/C9H9N3O/c1-10-8-4-2-7(3-5-8)9-11-6-13-12-9/h2-6,10H,1H3. The van der Waals surface area contributed by atoms with Crippen LogP contribution in [-0.2, 0) is 0 Å². The van der Waals surface area contributed by atoms with Gasteiger partial charge in [0.05, 0.1) is 0 Å². The van der Waals surface area contributed by atoms with Crippen molar-refractivity contribution in [3.8, 4) is 11.4 Å². The lowest BCUT2D eigenvalue weighted by Crippen LogP contribution is -1.87. The fraction of sp³-hybridized carbons (Fsp3) is 0.111. The first kappa shape index (κ1) is 7.79. The molecule has 0 spiro atoms. The van der Waals surface area contributed by atoms with Gasteiger partial charge in [0.1, 0.15) is 0 Å². The molecule has 0 amide bonds. The summed E-state index contributed by atoms with van der Waals surface area (Å²) in [6, 6.07) is 7.81. The second kappa shape index (κ2) is 3.26. The van der Waals surface area contributed by atoms with Crippen LogP contribution in [0.4, 0.5) is 5.69 Å². The minimum Gasteiger partial charge on any atom is -0.388 e. The van der Waals surface area contributed by atoms with Gasteiger partial charge in [0.2, 0.25) is 12.2 Å². The lowest BCUT2D eigenvalue weighted by atomic mass is 10.2. The van der Waals surface area contributed by atoms with Crippen LogP contribution in [0.2, 0.25) is 0 Å². The zero-order valence-electron chi connectivity index (χ0n) is 7.19. The van der Waals surface area contributed by atoms with Gasteiger partial charge in [-0.05, 0) is 24.3 Å². The predicted molar refractivity (Wildman–Crippen MR) is 49.3 cm³/mol. The van der Waals surface area contributed by atoms with E-state index in [2.05, 4.69) is 20.0 Å². The molecule has 0 atom stereocenters. The van der Waals surface area contributed by atoms with Gasteiger partial charge in [-0.3, -0.25) is 0 Å². The average molecular weight is 175 g/mol. The fourth-order valence-electron chi connectivity index (χ4n) is 1.08. The van der Waals surface area contributed by atoms with Crippen molar-refractivity contribution in [3.05, 3.63) is 30.7 Å². The number of nitrogens with one attached hydrogen (secondary N) is 1. The highest BCUT2D eigenvalue weighted by atomic mass is 16.5. The van der Waals surface area contributed by atoms with Crippen molar-refractivity contribution in [1.29, 1.82) is 0 Å². The van der Waals surface area contributed by atoms with E-state index in [0.717, 1.165) is 11.3 Å². The van der Waals surface area contributed by atoms with Gasteiger partial charge in [0.25, 0.3) is 0 Å². The molecule has 1 aromatic heterocycles. The van der Waals surface area contributed by atoms with Crippen molar-refractivity contribution in [2.45, 2.75) is 0 Å². The van der Waals surface area contributed by atoms with E-state index in [1.54, 1.807) is 0 Å². The Morgan fingerprint density at radius 3 is 2.54 bits per heavy atom. The van der Waals surface area contributed by atoms with Crippen LogP contribution in [0.15, 0.2) is 35.2 Å². The largest absolute Gasteiger partial charge is 0.388 e. The molecule has 2 aromatic rings. The molecule has 0 bridgehead atoms. The third-order valence-electron chi connectivity index (χ3n) is 1.79. The minimum atomic E-state index is 0.614. The minimum absolute atomic E-state index is 0.614. The van der Waals surface area contributed by atoms with E-state index < -0.39 is 0 Å². The van der Waals surface area contributed by atoms with E-state index in [1.165, 1.54) is 6.39 Å². The molecule has 13 heavy (non-hydrogen) atoms. The van der Waals surface area contributed by atoms with Gasteiger partial charge in [-0.25, -0.2) is 0 Å². The molecule has 4 nitrogen and oxygen atoms in total. The maximum atomic E-state index is 4.65. The molecule has 0 radical (unpaired) electrons. The third-order valence-corrected chi connectivity index (χ3v) is 1.79. The number of hydrogen-bond donors (Lipinski definition) is 1. The summed E-state index contributed by atoms with van der Waals surface area (Å²) in [4.78, 5) is 3.94. The maximum Gasteiger partial charge on any atom is 0.214 e. The summed E-state index contributed by atoms with van der Waals surface area (Å²) in [5.74, 6) is 0.614. The summed E-state index contributed by atoms with van der Waals surface area (Å²) in [5.41, 5.74) is 2.01. The monoisotopic (exact) mass is 175 g/mol. The van der Waals surface area contributed by atoms with Crippen molar-refractivity contribution in [2.24, 2.45) is 0 Å². The van der Waals surface area contributed by atoms with Crippen LogP contribution >= 0.6 is 0 Å². The number of hydrogen-bond acceptors (Lipinski definition) is 4. The van der Waals surface area contributed by atoms with Crippen LogP contribution in [0.3, 0.4) is 0 Å². The lowest BCUT2D eigenvalue weighted by Gasteiger charge is -1.99. The Morgan fingerprint density at radius 1 is 1.23 bits per heavy atom. The summed E-state index contributed by atoms with van der Waals surface area (Å²) in [6.07, 6.45) is 1.32. The second-order valence-electron chi connectivity index (χ2n) is 2.58. The molecular weight excluding hydrogens is 166 g/mol. The van der Waals surface area contributed by atoms with Gasteiger partial charge < -0.3 is 9.84 Å². The Labute approximate surface area is 75.6 Å². The number of benzene rings is 1. The summed E-state index contributed by atoms with van der Waals surface area (Å²) in [5, 5.41) is 6.77. The third kappa shape index (κ3) is 1.51. The second-order valence-corrected chi connectivity index (χ2v) is 2.58. The Kier molecular flexibility index (Phi) is 1.96. The quantitative estimate of drug-likeness (QED) is 0.755. The predicted octanol–water partition coefficient (Wildman–Crippen LogP) is 1.78. The molecular formula is C9H9N3O. The number of aromatic nitrogens is 2. The van der Waals surface area contributed by atoms with Gasteiger partial charge in [-0.2, -0.15) is 4.98 Å². The number of anilines is 1. The zero-order valence-corrected chi connectivity index (χ0v) is 7.19. The molecule has 4 heteroatoms. The lowest BCUT2D eigenvalue weighted by molar-refractivity contribution is 0.419. The molecule has 0 saturated carbocycles. The van der Waals surface area contributed by atoms with E-state index >= 15 is 0 Å². The highest BCUT2D eigenvalue weighted by molar-refractivity contribution is 5.58. The molecule has 0 unspecified atom stereocenters. The molecule has 0 aliphatic heterocycles. The van der Waals surface area contributed by atoms with Crippen LogP contribution in [-0.4, -0.2) is 17.2 Å². The molecule has 2 rings (SSSR count). The SMILES string of the molecule is CNc1ccc(-c2ncon2)cc1. The Bertz CT molecular complexity index is 366. The molecule has 66 valence electrons. The van der Waals surface area contributed by atoms with Gasteiger partial charge >= 0.3 is 0 Å². The van der Waals surface area contributed by atoms with Crippen molar-refractivity contribution >= 4 is 5.69 Å². The first-order valence-electron chi connectivity index (χ1n) is 3.95. The Balaban J connectivity index is 2.33. The van der Waals surface area contributed by atoms with E-state index in [0.29, 0.717) is 5.82 Å². The molecule has 0 saturated heterocycles. The Hall–Kier alpha value is -1.84. The van der Waals surface area contributed by atoms with E-state index in [4.69, 9.17) is 0 Å². The van der Waals surface area contributed by atoms with Gasteiger partial charge in [-0.1, -0.05) is 5.16 Å². The van der Waals surface area contributed by atoms with Crippen molar-refractivity contribution in [1.82, 2.24) is 10.1 Å². The van der Waals surface area contributed by atoms with Crippen LogP contribution in [0, 0.1) is 0 Å². The number of nitrogens with zero attached hydrogens (tertiary/aromatic N) is 2. The molecule has 1 N–H and O–H groups in total. The van der Waals surface area contributed by atoms with E-state index in [-0.39, 0.29) is 0 Å². The van der Waals surface area contributed by atoms with Crippen molar-refractivity contribution in [3.63, 3.8) is 0 Å². The molecule has 1 aromatic carbocycles.